The smallest absolute Gasteiger partial charge is 0.255 e. The Morgan fingerprint density at radius 2 is 2.33 bits per heavy atom. The summed E-state index contributed by atoms with van der Waals surface area (Å²) in [7, 11) is 0. The average Bonchev–Trinajstić information content (AvgIpc) is 2.53. The van der Waals surface area contributed by atoms with Gasteiger partial charge < -0.3 is 14.7 Å². The second kappa shape index (κ2) is 7.26. The molecule has 1 saturated heterocycles. The van der Waals surface area contributed by atoms with Crippen LogP contribution in [0.15, 0.2) is 18.2 Å². The molecule has 1 amide bonds. The quantitative estimate of drug-likeness (QED) is 0.840. The summed E-state index contributed by atoms with van der Waals surface area (Å²) in [6, 6.07) is 5.62. The summed E-state index contributed by atoms with van der Waals surface area (Å²) >= 11 is 0. The Bertz CT molecular complexity index is 571. The standard InChI is InChI=1S/C17H21NO3/c1-3-15-12-18(8-10-21-15)17(20)16-11-13(2)6-7-14(16)5-4-9-19/h6-7,11,15,19H,3,8-10,12H2,1-2H3. The minimum Gasteiger partial charge on any atom is -0.384 e. The molecule has 1 aromatic rings. The van der Waals surface area contributed by atoms with Crippen LogP contribution >= 0.6 is 0 Å². The Balaban J connectivity index is 2.27. The maximum atomic E-state index is 12.7. The van der Waals surface area contributed by atoms with Crippen molar-refractivity contribution in [1.29, 1.82) is 0 Å². The molecule has 1 heterocycles. The van der Waals surface area contributed by atoms with E-state index in [0.29, 0.717) is 30.8 Å². The molecule has 21 heavy (non-hydrogen) atoms. The van der Waals surface area contributed by atoms with Crippen molar-refractivity contribution >= 4 is 5.91 Å². The van der Waals surface area contributed by atoms with Crippen LogP contribution in [0.2, 0.25) is 0 Å². The number of hydrogen-bond acceptors (Lipinski definition) is 3. The Morgan fingerprint density at radius 1 is 1.52 bits per heavy atom. The van der Waals surface area contributed by atoms with E-state index in [1.807, 2.05) is 30.0 Å². The van der Waals surface area contributed by atoms with E-state index in [9.17, 15) is 4.79 Å². The normalized spacial score (nSPS) is 18.0. The zero-order chi connectivity index (χ0) is 15.2. The van der Waals surface area contributed by atoms with Crippen molar-refractivity contribution in [3.63, 3.8) is 0 Å². The number of carbonyl (C=O) groups is 1. The first kappa shape index (κ1) is 15.6. The summed E-state index contributed by atoms with van der Waals surface area (Å²) in [5.41, 5.74) is 2.29. The zero-order valence-electron chi connectivity index (χ0n) is 12.6. The van der Waals surface area contributed by atoms with Crippen LogP contribution in [0, 0.1) is 18.8 Å². The van der Waals surface area contributed by atoms with E-state index >= 15 is 0 Å². The molecule has 1 fully saturated rings. The van der Waals surface area contributed by atoms with Gasteiger partial charge in [0.15, 0.2) is 0 Å². The van der Waals surface area contributed by atoms with Gasteiger partial charge in [-0.15, -0.1) is 0 Å². The molecule has 0 saturated carbocycles. The van der Waals surface area contributed by atoms with Gasteiger partial charge in [-0.2, -0.15) is 0 Å². The van der Waals surface area contributed by atoms with Crippen molar-refractivity contribution < 1.29 is 14.6 Å². The molecule has 0 bridgehead atoms. The van der Waals surface area contributed by atoms with Crippen molar-refractivity contribution in [3.8, 4) is 11.8 Å². The number of rotatable bonds is 2. The van der Waals surface area contributed by atoms with Gasteiger partial charge in [-0.3, -0.25) is 4.79 Å². The summed E-state index contributed by atoms with van der Waals surface area (Å²) < 4.78 is 5.61. The van der Waals surface area contributed by atoms with Crippen molar-refractivity contribution in [2.75, 3.05) is 26.3 Å². The predicted octanol–water partition coefficient (Wildman–Crippen LogP) is 1.59. The van der Waals surface area contributed by atoms with E-state index < -0.39 is 0 Å². The van der Waals surface area contributed by atoms with Gasteiger partial charge in [0.25, 0.3) is 5.91 Å². The molecule has 1 atom stereocenters. The third-order valence-electron chi connectivity index (χ3n) is 3.59. The van der Waals surface area contributed by atoms with Gasteiger partial charge in [0.05, 0.1) is 18.3 Å². The van der Waals surface area contributed by atoms with Gasteiger partial charge in [-0.1, -0.05) is 30.4 Å². The fraction of sp³-hybridized carbons (Fsp3) is 0.471. The topological polar surface area (TPSA) is 49.8 Å². The largest absolute Gasteiger partial charge is 0.384 e. The molecular weight excluding hydrogens is 266 g/mol. The lowest BCUT2D eigenvalue weighted by Gasteiger charge is -2.32. The fourth-order valence-corrected chi connectivity index (χ4v) is 2.40. The van der Waals surface area contributed by atoms with E-state index in [1.165, 1.54) is 0 Å². The fourth-order valence-electron chi connectivity index (χ4n) is 2.40. The molecule has 112 valence electrons. The number of aliphatic hydroxyl groups is 1. The third kappa shape index (κ3) is 3.84. The molecule has 0 spiro atoms. The van der Waals surface area contributed by atoms with Crippen LogP contribution in [-0.2, 0) is 4.74 Å². The number of aliphatic hydroxyl groups excluding tert-OH is 1. The number of carbonyl (C=O) groups excluding carboxylic acids is 1. The lowest BCUT2D eigenvalue weighted by Crippen LogP contribution is -2.45. The van der Waals surface area contributed by atoms with Crippen LogP contribution in [0.3, 0.4) is 0 Å². The molecule has 0 aromatic heterocycles. The lowest BCUT2D eigenvalue weighted by molar-refractivity contribution is -0.0226. The minimum absolute atomic E-state index is 0.0114. The predicted molar refractivity (Wildman–Crippen MR) is 81.1 cm³/mol. The number of amides is 1. The van der Waals surface area contributed by atoms with Gasteiger partial charge in [0, 0.05) is 18.7 Å². The molecule has 1 unspecified atom stereocenters. The molecule has 0 aliphatic carbocycles. The van der Waals surface area contributed by atoms with Crippen LogP contribution in [-0.4, -0.2) is 48.3 Å². The first-order valence-electron chi connectivity index (χ1n) is 7.27. The van der Waals surface area contributed by atoms with Gasteiger partial charge in [0.2, 0.25) is 0 Å². The molecule has 1 aromatic carbocycles. The highest BCUT2D eigenvalue weighted by atomic mass is 16.5. The molecule has 2 rings (SSSR count). The third-order valence-corrected chi connectivity index (χ3v) is 3.59. The SMILES string of the molecule is CCC1CN(C(=O)c2cc(C)ccc2C#CCO)CCO1. The van der Waals surface area contributed by atoms with E-state index in [2.05, 4.69) is 18.8 Å². The molecule has 4 heteroatoms. The van der Waals surface area contributed by atoms with Crippen molar-refractivity contribution in [2.24, 2.45) is 0 Å². The van der Waals surface area contributed by atoms with E-state index in [0.717, 1.165) is 12.0 Å². The van der Waals surface area contributed by atoms with Gasteiger partial charge >= 0.3 is 0 Å². The van der Waals surface area contributed by atoms with Crippen molar-refractivity contribution in [1.82, 2.24) is 4.90 Å². The van der Waals surface area contributed by atoms with Crippen molar-refractivity contribution in [3.05, 3.63) is 34.9 Å². The van der Waals surface area contributed by atoms with Gasteiger partial charge in [0.1, 0.15) is 6.61 Å². The maximum absolute atomic E-state index is 12.7. The Kier molecular flexibility index (Phi) is 5.38. The molecular formula is C17H21NO3. The number of aryl methyl sites for hydroxylation is 1. The van der Waals surface area contributed by atoms with E-state index in [-0.39, 0.29) is 18.6 Å². The molecule has 1 N–H and O–H groups in total. The molecule has 1 aliphatic heterocycles. The number of hydrogen-bond donors (Lipinski definition) is 1. The average molecular weight is 287 g/mol. The lowest BCUT2D eigenvalue weighted by atomic mass is 10.0. The van der Waals surface area contributed by atoms with Crippen molar-refractivity contribution in [2.45, 2.75) is 26.4 Å². The van der Waals surface area contributed by atoms with Crippen LogP contribution in [0.25, 0.3) is 0 Å². The number of benzene rings is 1. The first-order valence-corrected chi connectivity index (χ1v) is 7.27. The number of nitrogens with zero attached hydrogens (tertiary/aromatic N) is 1. The Morgan fingerprint density at radius 3 is 3.05 bits per heavy atom. The number of ether oxygens (including phenoxy) is 1. The van der Waals surface area contributed by atoms with Gasteiger partial charge in [-0.05, 0) is 25.5 Å². The highest BCUT2D eigenvalue weighted by Gasteiger charge is 2.25. The van der Waals surface area contributed by atoms with Crippen LogP contribution in [0.1, 0.15) is 34.8 Å². The molecule has 1 aliphatic rings. The minimum atomic E-state index is -0.211. The summed E-state index contributed by atoms with van der Waals surface area (Å²) in [4.78, 5) is 14.6. The van der Waals surface area contributed by atoms with E-state index in [4.69, 9.17) is 9.84 Å². The molecule has 4 nitrogen and oxygen atoms in total. The summed E-state index contributed by atoms with van der Waals surface area (Å²) in [6.07, 6.45) is 1.01. The summed E-state index contributed by atoms with van der Waals surface area (Å²) in [6.45, 7) is 5.61. The van der Waals surface area contributed by atoms with Crippen LogP contribution in [0.5, 0.6) is 0 Å². The Labute approximate surface area is 125 Å². The molecule has 0 radical (unpaired) electrons. The van der Waals surface area contributed by atoms with Crippen LogP contribution < -0.4 is 0 Å². The summed E-state index contributed by atoms with van der Waals surface area (Å²) in [5.74, 6) is 5.46. The summed E-state index contributed by atoms with van der Waals surface area (Å²) in [5, 5.41) is 8.84. The van der Waals surface area contributed by atoms with Gasteiger partial charge in [-0.25, -0.2) is 0 Å². The Hall–Kier alpha value is -1.83. The second-order valence-corrected chi connectivity index (χ2v) is 5.16. The van der Waals surface area contributed by atoms with Crippen LogP contribution in [0.4, 0.5) is 0 Å². The second-order valence-electron chi connectivity index (χ2n) is 5.16. The monoisotopic (exact) mass is 287 g/mol. The zero-order valence-corrected chi connectivity index (χ0v) is 12.6. The van der Waals surface area contributed by atoms with E-state index in [1.54, 1.807) is 0 Å². The highest BCUT2D eigenvalue weighted by molar-refractivity contribution is 5.97. The number of morpholine rings is 1. The highest BCUT2D eigenvalue weighted by Crippen LogP contribution is 2.17. The maximum Gasteiger partial charge on any atom is 0.255 e. The first-order chi connectivity index (χ1) is 10.2.